The van der Waals surface area contributed by atoms with E-state index in [1.54, 1.807) is 27.7 Å². The van der Waals surface area contributed by atoms with E-state index in [2.05, 4.69) is 0 Å². The number of benzene rings is 1. The number of alkyl halides is 3. The Morgan fingerprint density at radius 3 is 2.05 bits per heavy atom. The number of hydrogen-bond donors (Lipinski definition) is 1. The molecule has 8 heteroatoms. The second-order valence-corrected chi connectivity index (χ2v) is 6.35. The molecule has 2 rings (SSSR count). The van der Waals surface area contributed by atoms with Gasteiger partial charge in [-0.1, -0.05) is 12.1 Å². The Hall–Kier alpha value is -1.12. The van der Waals surface area contributed by atoms with Crippen LogP contribution in [0.15, 0.2) is 18.2 Å². The average molecular weight is 319 g/mol. The number of rotatable bonds is 2. The van der Waals surface area contributed by atoms with Crippen molar-refractivity contribution in [2.24, 2.45) is 5.73 Å². The Kier molecular flexibility index (Phi) is 4.09. The Labute approximate surface area is 126 Å². The molecule has 1 aliphatic heterocycles. The Morgan fingerprint density at radius 2 is 1.59 bits per heavy atom. The van der Waals surface area contributed by atoms with Crippen LogP contribution in [0.1, 0.15) is 44.8 Å². The van der Waals surface area contributed by atoms with Crippen LogP contribution in [0.3, 0.4) is 0 Å². The number of nitrogens with two attached hydrogens (primary N) is 1. The van der Waals surface area contributed by atoms with Crippen molar-refractivity contribution in [3.05, 3.63) is 35.1 Å². The van der Waals surface area contributed by atoms with Crippen molar-refractivity contribution >= 4 is 7.12 Å². The van der Waals surface area contributed by atoms with E-state index in [1.165, 1.54) is 6.07 Å². The molecule has 0 saturated carbocycles. The summed E-state index contributed by atoms with van der Waals surface area (Å²) in [6.45, 7) is 7.04. The van der Waals surface area contributed by atoms with E-state index in [0.717, 1.165) is 12.1 Å². The van der Waals surface area contributed by atoms with Gasteiger partial charge in [0.25, 0.3) is 0 Å². The smallest absolute Gasteiger partial charge is 0.402 e. The molecule has 1 aromatic carbocycles. The van der Waals surface area contributed by atoms with E-state index >= 15 is 0 Å². The molecule has 1 fully saturated rings. The first kappa shape index (κ1) is 17.2. The molecule has 2 N–H and O–H groups in total. The minimum absolute atomic E-state index is 0.383. The fraction of sp³-hybridized carbons (Fsp3) is 0.571. The summed E-state index contributed by atoms with van der Waals surface area (Å²) >= 11 is 0. The van der Waals surface area contributed by atoms with Crippen molar-refractivity contribution in [2.45, 2.75) is 51.0 Å². The number of hydrogen-bond acceptors (Lipinski definition) is 3. The lowest BCUT2D eigenvalue weighted by Gasteiger charge is -2.32. The zero-order chi connectivity index (χ0) is 16.9. The highest BCUT2D eigenvalue weighted by atomic mass is 19.4. The van der Waals surface area contributed by atoms with Gasteiger partial charge < -0.3 is 15.0 Å². The van der Waals surface area contributed by atoms with Crippen molar-refractivity contribution in [3.63, 3.8) is 0 Å². The first-order valence-electron chi connectivity index (χ1n) is 6.83. The van der Waals surface area contributed by atoms with Crippen LogP contribution in [-0.2, 0) is 15.5 Å². The molecule has 22 heavy (non-hydrogen) atoms. The van der Waals surface area contributed by atoms with E-state index < -0.39 is 41.8 Å². The summed E-state index contributed by atoms with van der Waals surface area (Å²) in [5.74, 6) is -2.62. The van der Waals surface area contributed by atoms with Crippen LogP contribution in [-0.4, -0.2) is 18.3 Å². The molecule has 0 radical (unpaired) electrons. The van der Waals surface area contributed by atoms with E-state index in [1.807, 2.05) is 0 Å². The summed E-state index contributed by atoms with van der Waals surface area (Å²) in [6.07, 6.45) is -4.85. The molecule has 1 aliphatic rings. The van der Waals surface area contributed by atoms with Crippen molar-refractivity contribution in [3.8, 4) is 0 Å². The van der Waals surface area contributed by atoms with Gasteiger partial charge in [-0.15, -0.1) is 0 Å². The van der Waals surface area contributed by atoms with E-state index in [0.29, 0.717) is 0 Å². The van der Waals surface area contributed by atoms with Gasteiger partial charge >= 0.3 is 13.3 Å². The lowest BCUT2D eigenvalue weighted by Crippen LogP contribution is -2.41. The molecule has 1 saturated heterocycles. The largest absolute Gasteiger partial charge is 0.480 e. The van der Waals surface area contributed by atoms with Gasteiger partial charge in [-0.2, -0.15) is 13.2 Å². The molecule has 1 aromatic rings. The van der Waals surface area contributed by atoms with Crippen LogP contribution < -0.4 is 5.73 Å². The minimum atomic E-state index is -4.85. The van der Waals surface area contributed by atoms with Gasteiger partial charge in [0.05, 0.1) is 22.7 Å². The van der Waals surface area contributed by atoms with Crippen molar-refractivity contribution < 1.29 is 26.9 Å². The fourth-order valence-corrected chi connectivity index (χ4v) is 2.30. The zero-order valence-corrected chi connectivity index (χ0v) is 12.8. The molecule has 0 amide bonds. The van der Waals surface area contributed by atoms with Crippen LogP contribution >= 0.6 is 0 Å². The van der Waals surface area contributed by atoms with Crippen LogP contribution in [0, 0.1) is 5.82 Å². The first-order chi connectivity index (χ1) is 9.87. The number of halogens is 4. The van der Waals surface area contributed by atoms with Crippen LogP contribution in [0.5, 0.6) is 0 Å². The van der Waals surface area contributed by atoms with Crippen molar-refractivity contribution in [2.75, 3.05) is 0 Å². The summed E-state index contributed by atoms with van der Waals surface area (Å²) in [4.78, 5) is 0. The molecule has 1 atom stereocenters. The molecule has 3 nitrogen and oxygen atoms in total. The SMILES string of the molecule is CC1(C)OB([C@H](N)c2cccc(F)c2C(F)(F)F)OC1(C)C. The fourth-order valence-electron chi connectivity index (χ4n) is 2.30. The van der Waals surface area contributed by atoms with Crippen LogP contribution in [0.25, 0.3) is 0 Å². The highest BCUT2D eigenvalue weighted by Gasteiger charge is 2.54. The highest BCUT2D eigenvalue weighted by Crippen LogP contribution is 2.42. The summed E-state index contributed by atoms with van der Waals surface area (Å²) < 4.78 is 64.2. The van der Waals surface area contributed by atoms with Gasteiger partial charge in [-0.25, -0.2) is 4.39 Å². The lowest BCUT2D eigenvalue weighted by atomic mass is 9.73. The Bertz CT molecular complexity index is 558. The van der Waals surface area contributed by atoms with Gasteiger partial charge in [-0.3, -0.25) is 0 Å². The summed E-state index contributed by atoms with van der Waals surface area (Å²) in [7, 11) is -1.09. The maximum atomic E-state index is 13.6. The molecular weight excluding hydrogens is 301 g/mol. The molecular formula is C14H18BF4NO2. The van der Waals surface area contributed by atoms with E-state index in [4.69, 9.17) is 15.0 Å². The quantitative estimate of drug-likeness (QED) is 0.670. The first-order valence-corrected chi connectivity index (χ1v) is 6.83. The molecule has 0 bridgehead atoms. The maximum absolute atomic E-state index is 13.6. The van der Waals surface area contributed by atoms with Crippen molar-refractivity contribution in [1.29, 1.82) is 0 Å². The molecule has 0 aliphatic carbocycles. The third kappa shape index (κ3) is 2.87. The van der Waals surface area contributed by atoms with Crippen LogP contribution in [0.2, 0.25) is 0 Å². The Morgan fingerprint density at radius 1 is 1.09 bits per heavy atom. The molecule has 0 aromatic heterocycles. The predicted octanol–water partition coefficient (Wildman–Crippen LogP) is 3.48. The maximum Gasteiger partial charge on any atom is 0.480 e. The van der Waals surface area contributed by atoms with Gasteiger partial charge in [0.2, 0.25) is 0 Å². The second-order valence-electron chi connectivity index (χ2n) is 6.35. The average Bonchev–Trinajstić information content (AvgIpc) is 2.55. The topological polar surface area (TPSA) is 44.5 Å². The van der Waals surface area contributed by atoms with Crippen LogP contribution in [0.4, 0.5) is 17.6 Å². The standard InChI is InChI=1S/C14H18BF4NO2/c1-12(2)13(3,4)22-15(21-12)11(20)8-6-5-7-9(16)10(8)14(17,18)19/h5-7,11H,20H2,1-4H3/t11-/m1/s1. The zero-order valence-electron chi connectivity index (χ0n) is 12.8. The van der Waals surface area contributed by atoms with E-state index in [-0.39, 0.29) is 5.56 Å². The highest BCUT2D eigenvalue weighted by molar-refractivity contribution is 6.47. The van der Waals surface area contributed by atoms with Crippen molar-refractivity contribution in [1.82, 2.24) is 0 Å². The summed E-state index contributed by atoms with van der Waals surface area (Å²) in [5.41, 5.74) is 2.66. The van der Waals surface area contributed by atoms with Gasteiger partial charge in [0, 0.05) is 0 Å². The molecule has 0 unspecified atom stereocenters. The second kappa shape index (κ2) is 5.21. The predicted molar refractivity (Wildman–Crippen MR) is 74.4 cm³/mol. The van der Waals surface area contributed by atoms with Gasteiger partial charge in [0.15, 0.2) is 0 Å². The molecule has 0 spiro atoms. The molecule has 122 valence electrons. The minimum Gasteiger partial charge on any atom is -0.402 e. The van der Waals surface area contributed by atoms with E-state index in [9.17, 15) is 17.6 Å². The summed E-state index contributed by atoms with van der Waals surface area (Å²) in [6, 6.07) is 3.08. The van der Waals surface area contributed by atoms with Gasteiger partial charge in [-0.05, 0) is 39.3 Å². The summed E-state index contributed by atoms with van der Waals surface area (Å²) in [5, 5.41) is 0. The lowest BCUT2D eigenvalue weighted by molar-refractivity contribution is -0.140. The van der Waals surface area contributed by atoms with Gasteiger partial charge in [0.1, 0.15) is 5.82 Å². The molecule has 1 heterocycles. The third-order valence-corrected chi connectivity index (χ3v) is 4.25. The Balaban J connectivity index is 2.40. The third-order valence-electron chi connectivity index (χ3n) is 4.25. The normalized spacial score (nSPS) is 22.0. The monoisotopic (exact) mass is 319 g/mol.